The summed E-state index contributed by atoms with van der Waals surface area (Å²) in [7, 11) is 3.14. The molecule has 0 unspecified atom stereocenters. The number of hydrogen-bond donors (Lipinski definition) is 1. The van der Waals surface area contributed by atoms with Crippen molar-refractivity contribution in [3.05, 3.63) is 47.2 Å². The number of hydrogen-bond acceptors (Lipinski definition) is 5. The van der Waals surface area contributed by atoms with Crippen molar-refractivity contribution in [2.45, 2.75) is 6.92 Å². The average molecular weight is 502 g/mol. The van der Waals surface area contributed by atoms with Gasteiger partial charge < -0.3 is 15.4 Å². The van der Waals surface area contributed by atoms with Crippen molar-refractivity contribution >= 4 is 52.3 Å². The Morgan fingerprint density at radius 3 is 2.41 bits per heavy atom. The lowest BCUT2D eigenvalue weighted by molar-refractivity contribution is 0.172. The minimum atomic E-state index is -0.740. The highest BCUT2D eigenvalue weighted by Gasteiger charge is 2.20. The first-order valence-corrected chi connectivity index (χ1v) is 9.00. The van der Waals surface area contributed by atoms with Gasteiger partial charge in [0, 0.05) is 30.9 Å². The van der Waals surface area contributed by atoms with E-state index in [4.69, 9.17) is 22.1 Å². The zero-order chi connectivity index (χ0) is 20.1. The van der Waals surface area contributed by atoms with Gasteiger partial charge >= 0.3 is 12.1 Å². The number of benzene rings is 1. The van der Waals surface area contributed by atoms with Gasteiger partial charge in [-0.1, -0.05) is 23.7 Å². The zero-order valence-electron chi connectivity index (χ0n) is 14.8. The first-order chi connectivity index (χ1) is 12.7. The molecule has 0 saturated carbocycles. The zero-order valence-corrected chi connectivity index (χ0v) is 17.7. The summed E-state index contributed by atoms with van der Waals surface area (Å²) in [6.45, 7) is 1.63. The van der Waals surface area contributed by atoms with Crippen molar-refractivity contribution < 1.29 is 14.3 Å². The van der Waals surface area contributed by atoms with E-state index in [2.05, 4.69) is 10.1 Å². The Morgan fingerprint density at radius 2 is 1.85 bits per heavy atom. The molecule has 0 radical (unpaired) electrons. The molecule has 142 valence electrons. The molecule has 3 amide bonds. The number of urea groups is 1. The van der Waals surface area contributed by atoms with Crippen molar-refractivity contribution in [3.63, 3.8) is 0 Å². The van der Waals surface area contributed by atoms with Gasteiger partial charge in [0.15, 0.2) is 5.75 Å². The number of nitrogens with two attached hydrogens (primary N) is 1. The van der Waals surface area contributed by atoms with Gasteiger partial charge in [-0.3, -0.25) is 4.98 Å². The minimum absolute atomic E-state index is 0.217. The molecule has 1 aromatic heterocycles. The third kappa shape index (κ3) is 5.30. The molecule has 0 aliphatic carbocycles. The van der Waals surface area contributed by atoms with E-state index in [0.717, 1.165) is 8.79 Å². The van der Waals surface area contributed by atoms with Gasteiger partial charge in [0.1, 0.15) is 5.69 Å². The minimum Gasteiger partial charge on any atom is -0.407 e. The Kier molecular flexibility index (Phi) is 6.97. The molecule has 0 atom stereocenters. The second-order valence-electron chi connectivity index (χ2n) is 5.59. The van der Waals surface area contributed by atoms with Crippen LogP contribution in [0.4, 0.5) is 9.59 Å². The van der Waals surface area contributed by atoms with Crippen LogP contribution in [0.15, 0.2) is 41.6 Å². The van der Waals surface area contributed by atoms with Crippen LogP contribution in [0, 0.1) is 0 Å². The largest absolute Gasteiger partial charge is 0.414 e. The van der Waals surface area contributed by atoms with E-state index in [0.29, 0.717) is 22.0 Å². The SMILES string of the molecule is CC(=NN(I)C(N)=O)c1nccc(-c2ccc(Cl)cc2)c1OC(=O)N(C)C. The molecular formula is C17H17ClIN5O3. The predicted octanol–water partition coefficient (Wildman–Crippen LogP) is 3.92. The number of pyridine rings is 1. The van der Waals surface area contributed by atoms with Gasteiger partial charge in [-0.05, 0) is 30.7 Å². The smallest absolute Gasteiger partial charge is 0.407 e. The quantitative estimate of drug-likeness (QED) is 0.297. The van der Waals surface area contributed by atoms with E-state index in [1.165, 1.54) is 4.90 Å². The number of halogens is 2. The monoisotopic (exact) mass is 501 g/mol. The summed E-state index contributed by atoms with van der Waals surface area (Å²) in [5.41, 5.74) is 7.26. The molecule has 0 saturated heterocycles. The number of primary amides is 1. The maximum Gasteiger partial charge on any atom is 0.414 e. The second kappa shape index (κ2) is 9.00. The fourth-order valence-electron chi connectivity index (χ4n) is 2.07. The predicted molar refractivity (Wildman–Crippen MR) is 112 cm³/mol. The molecule has 27 heavy (non-hydrogen) atoms. The first kappa shape index (κ1) is 20.9. The van der Waals surface area contributed by atoms with Crippen LogP contribution in [0.3, 0.4) is 0 Å². The van der Waals surface area contributed by atoms with Crippen LogP contribution in [0.5, 0.6) is 5.75 Å². The summed E-state index contributed by atoms with van der Waals surface area (Å²) in [4.78, 5) is 29.0. The Labute approximate surface area is 175 Å². The molecular weight excluding hydrogens is 485 g/mol. The number of nitrogens with zero attached hydrogens (tertiary/aromatic N) is 4. The van der Waals surface area contributed by atoms with Crippen LogP contribution in [-0.4, -0.2) is 45.0 Å². The average Bonchev–Trinajstić information content (AvgIpc) is 2.62. The molecule has 1 heterocycles. The molecule has 2 aromatic rings. The summed E-state index contributed by atoms with van der Waals surface area (Å²) in [5, 5.41) is 4.66. The summed E-state index contributed by atoms with van der Waals surface area (Å²) >= 11 is 7.62. The normalized spacial score (nSPS) is 11.1. The van der Waals surface area contributed by atoms with Crippen LogP contribution in [-0.2, 0) is 0 Å². The van der Waals surface area contributed by atoms with E-state index < -0.39 is 12.1 Å². The lowest BCUT2D eigenvalue weighted by atomic mass is 10.0. The third-order valence-corrected chi connectivity index (χ3v) is 4.32. The fourth-order valence-corrected chi connectivity index (χ4v) is 2.52. The van der Waals surface area contributed by atoms with Crippen molar-refractivity contribution in [1.82, 2.24) is 13.1 Å². The van der Waals surface area contributed by atoms with Crippen molar-refractivity contribution in [2.75, 3.05) is 14.1 Å². The summed E-state index contributed by atoms with van der Waals surface area (Å²) in [6.07, 6.45) is 0.987. The molecule has 2 rings (SSSR count). The number of amides is 3. The molecule has 8 nitrogen and oxygen atoms in total. The topological polar surface area (TPSA) is 101 Å². The number of ether oxygens (including phenoxy) is 1. The number of rotatable bonds is 4. The Morgan fingerprint density at radius 1 is 1.22 bits per heavy atom. The van der Waals surface area contributed by atoms with E-state index >= 15 is 0 Å². The molecule has 2 N–H and O–H groups in total. The molecule has 0 spiro atoms. The highest BCUT2D eigenvalue weighted by molar-refractivity contribution is 14.1. The second-order valence-corrected chi connectivity index (χ2v) is 6.94. The highest BCUT2D eigenvalue weighted by atomic mass is 127. The molecule has 1 aromatic carbocycles. The Balaban J connectivity index is 2.62. The number of carbonyl (C=O) groups is 2. The molecule has 0 fully saturated rings. The lowest BCUT2D eigenvalue weighted by Crippen LogP contribution is -2.27. The van der Waals surface area contributed by atoms with E-state index in [9.17, 15) is 9.59 Å². The maximum absolute atomic E-state index is 12.2. The van der Waals surface area contributed by atoms with E-state index in [1.807, 2.05) is 0 Å². The van der Waals surface area contributed by atoms with Crippen LogP contribution in [0.1, 0.15) is 12.6 Å². The van der Waals surface area contributed by atoms with E-state index in [-0.39, 0.29) is 5.75 Å². The molecule has 10 heteroatoms. The van der Waals surface area contributed by atoms with Crippen LogP contribution >= 0.6 is 34.5 Å². The van der Waals surface area contributed by atoms with Gasteiger partial charge in [0.2, 0.25) is 0 Å². The van der Waals surface area contributed by atoms with Crippen molar-refractivity contribution in [1.29, 1.82) is 0 Å². The number of aromatic nitrogens is 1. The third-order valence-electron chi connectivity index (χ3n) is 3.38. The number of hydrazone groups is 1. The van der Waals surface area contributed by atoms with Gasteiger partial charge in [-0.25, -0.2) is 9.59 Å². The van der Waals surface area contributed by atoms with Crippen molar-refractivity contribution in [2.24, 2.45) is 10.8 Å². The molecule has 0 aliphatic heterocycles. The van der Waals surface area contributed by atoms with Gasteiger partial charge in [-0.15, -0.1) is 0 Å². The maximum atomic E-state index is 12.2. The first-order valence-electron chi connectivity index (χ1n) is 7.65. The fraction of sp³-hybridized carbons (Fsp3) is 0.176. The number of carbonyl (C=O) groups excluding carboxylic acids is 2. The summed E-state index contributed by atoms with van der Waals surface area (Å²) in [6, 6.07) is 8.04. The van der Waals surface area contributed by atoms with Crippen molar-refractivity contribution in [3.8, 4) is 16.9 Å². The van der Waals surface area contributed by atoms with Crippen LogP contribution in [0.2, 0.25) is 5.02 Å². The molecule has 0 bridgehead atoms. The standard InChI is InChI=1S/C17H17ClIN5O3/c1-10(22-24(19)16(20)25)14-15(27-17(26)23(2)3)13(8-9-21-14)11-4-6-12(18)7-5-11/h4-9H,1-3H3,(H2,20,25). The summed E-state index contributed by atoms with van der Waals surface area (Å²) in [5.74, 6) is 0.217. The molecule has 0 aliphatic rings. The van der Waals surface area contributed by atoms with E-state index in [1.54, 1.807) is 80.4 Å². The highest BCUT2D eigenvalue weighted by Crippen LogP contribution is 2.33. The Hall–Kier alpha value is -2.40. The van der Waals surface area contributed by atoms with Crippen LogP contribution < -0.4 is 10.5 Å². The Bertz CT molecular complexity index is 887. The lowest BCUT2D eigenvalue weighted by Gasteiger charge is -2.17. The van der Waals surface area contributed by atoms with Crippen LogP contribution in [0.25, 0.3) is 11.1 Å². The van der Waals surface area contributed by atoms with Gasteiger partial charge in [-0.2, -0.15) is 8.32 Å². The summed E-state index contributed by atoms with van der Waals surface area (Å²) < 4.78 is 6.51. The van der Waals surface area contributed by atoms with Gasteiger partial charge in [0.25, 0.3) is 0 Å². The van der Waals surface area contributed by atoms with Gasteiger partial charge in [0.05, 0.1) is 28.6 Å².